The average molecular weight is 124 g/mol. The van der Waals surface area contributed by atoms with Crippen molar-refractivity contribution in [2.24, 2.45) is 0 Å². The van der Waals surface area contributed by atoms with Gasteiger partial charge in [-0.15, -0.1) is 0 Å². The Bertz CT molecular complexity index is 294. The van der Waals surface area contributed by atoms with Crippen LogP contribution in [-0.4, -0.2) is 15.1 Å². The van der Waals surface area contributed by atoms with Crippen LogP contribution in [0.2, 0.25) is 0 Å². The van der Waals surface area contributed by atoms with Crippen LogP contribution >= 0.6 is 0 Å². The highest BCUT2D eigenvalue weighted by Crippen LogP contribution is 2.14. The molecule has 2 rings (SSSR count). The Morgan fingerprint density at radius 3 is 3.33 bits per heavy atom. The van der Waals surface area contributed by atoms with Crippen molar-refractivity contribution in [2.75, 3.05) is 0 Å². The number of aromatic hydroxyl groups is 1. The molecule has 0 aliphatic rings. The summed E-state index contributed by atoms with van der Waals surface area (Å²) < 4.78 is 4.84. The number of nitrogens with one attached hydrogen (secondary N) is 1. The van der Waals surface area contributed by atoms with Gasteiger partial charge in [0.25, 0.3) is 6.01 Å². The van der Waals surface area contributed by atoms with Crippen LogP contribution in [0.3, 0.4) is 0 Å². The van der Waals surface area contributed by atoms with Crippen LogP contribution in [0.1, 0.15) is 0 Å². The van der Waals surface area contributed by atoms with Crippen molar-refractivity contribution in [1.82, 2.24) is 9.97 Å². The van der Waals surface area contributed by atoms with Crippen LogP contribution in [0.15, 0.2) is 16.7 Å². The number of aromatic nitrogens is 2. The Labute approximate surface area is 50.1 Å². The second-order valence-electron chi connectivity index (χ2n) is 1.70. The van der Waals surface area contributed by atoms with Gasteiger partial charge in [-0.1, -0.05) is 0 Å². The summed E-state index contributed by atoms with van der Waals surface area (Å²) in [4.78, 5) is 6.20. The summed E-state index contributed by atoms with van der Waals surface area (Å²) >= 11 is 0. The van der Waals surface area contributed by atoms with Crippen LogP contribution in [0.25, 0.3) is 11.2 Å². The van der Waals surface area contributed by atoms with E-state index in [0.717, 1.165) is 0 Å². The van der Waals surface area contributed by atoms with E-state index in [4.69, 9.17) is 9.52 Å². The van der Waals surface area contributed by atoms with Crippen LogP contribution < -0.4 is 0 Å². The SMILES string of the molecule is Oc1nc2occc2[nH]1. The highest BCUT2D eigenvalue weighted by atomic mass is 16.3. The van der Waals surface area contributed by atoms with Crippen molar-refractivity contribution in [3.05, 3.63) is 12.3 Å². The van der Waals surface area contributed by atoms with E-state index in [1.807, 2.05) is 0 Å². The highest BCUT2D eigenvalue weighted by Gasteiger charge is 2.00. The molecule has 0 atom stereocenters. The van der Waals surface area contributed by atoms with Gasteiger partial charge in [0.05, 0.1) is 6.26 Å². The smallest absolute Gasteiger partial charge is 0.294 e. The lowest BCUT2D eigenvalue weighted by atomic mass is 10.6. The van der Waals surface area contributed by atoms with Gasteiger partial charge >= 0.3 is 0 Å². The minimum atomic E-state index is -0.107. The van der Waals surface area contributed by atoms with Gasteiger partial charge in [0.2, 0.25) is 5.71 Å². The Morgan fingerprint density at radius 1 is 1.67 bits per heavy atom. The standard InChI is InChI=1S/C5H4N2O2/c8-5-6-3-1-2-9-4(3)7-5/h1-2H,(H2,6,7,8). The summed E-state index contributed by atoms with van der Waals surface area (Å²) in [5.74, 6) is 0. The maximum Gasteiger partial charge on any atom is 0.294 e. The number of fused-ring (bicyclic) bond motifs is 1. The van der Waals surface area contributed by atoms with Crippen LogP contribution in [-0.2, 0) is 0 Å². The molecule has 0 bridgehead atoms. The van der Waals surface area contributed by atoms with Gasteiger partial charge in [0.1, 0.15) is 5.52 Å². The predicted octanol–water partition coefficient (Wildman–Crippen LogP) is 0.861. The second-order valence-corrected chi connectivity index (χ2v) is 1.70. The number of hydrogen-bond acceptors (Lipinski definition) is 3. The van der Waals surface area contributed by atoms with Gasteiger partial charge < -0.3 is 14.5 Å². The maximum absolute atomic E-state index is 8.72. The number of H-pyrrole nitrogens is 1. The largest absolute Gasteiger partial charge is 0.480 e. The molecule has 0 unspecified atom stereocenters. The molecular formula is C5H4N2O2. The fraction of sp³-hybridized carbons (Fsp3) is 0. The molecule has 4 heteroatoms. The third kappa shape index (κ3) is 0.495. The van der Waals surface area contributed by atoms with Crippen molar-refractivity contribution in [3.8, 4) is 6.01 Å². The summed E-state index contributed by atoms with van der Waals surface area (Å²) in [5, 5.41) is 8.72. The fourth-order valence-corrected chi connectivity index (χ4v) is 0.728. The molecule has 2 N–H and O–H groups in total. The van der Waals surface area contributed by atoms with E-state index in [1.54, 1.807) is 6.07 Å². The monoisotopic (exact) mass is 124 g/mol. The van der Waals surface area contributed by atoms with Gasteiger partial charge in [-0.3, -0.25) is 0 Å². The molecule has 46 valence electrons. The molecule has 9 heavy (non-hydrogen) atoms. The fourth-order valence-electron chi connectivity index (χ4n) is 0.728. The van der Waals surface area contributed by atoms with E-state index < -0.39 is 0 Å². The van der Waals surface area contributed by atoms with E-state index in [9.17, 15) is 0 Å². The minimum Gasteiger partial charge on any atom is -0.480 e. The van der Waals surface area contributed by atoms with Crippen molar-refractivity contribution in [2.45, 2.75) is 0 Å². The van der Waals surface area contributed by atoms with Crippen LogP contribution in [0.4, 0.5) is 0 Å². The zero-order valence-electron chi connectivity index (χ0n) is 4.46. The molecule has 4 nitrogen and oxygen atoms in total. The number of nitrogens with zero attached hydrogens (tertiary/aromatic N) is 1. The first-order valence-corrected chi connectivity index (χ1v) is 2.48. The first-order chi connectivity index (χ1) is 4.36. The number of rotatable bonds is 0. The minimum absolute atomic E-state index is 0.107. The molecule has 0 saturated heterocycles. The Kier molecular flexibility index (Phi) is 0.631. The van der Waals surface area contributed by atoms with Crippen molar-refractivity contribution in [1.29, 1.82) is 0 Å². The number of imidazole rings is 1. The summed E-state index contributed by atoms with van der Waals surface area (Å²) in [5.41, 5.74) is 1.15. The lowest BCUT2D eigenvalue weighted by Crippen LogP contribution is -1.61. The Balaban J connectivity index is 2.92. The third-order valence-corrected chi connectivity index (χ3v) is 1.10. The molecule has 2 aromatic rings. The molecule has 2 heterocycles. The normalized spacial score (nSPS) is 10.7. The van der Waals surface area contributed by atoms with E-state index in [2.05, 4.69) is 9.97 Å². The zero-order chi connectivity index (χ0) is 6.27. The third-order valence-electron chi connectivity index (χ3n) is 1.10. The average Bonchev–Trinajstić information content (AvgIpc) is 2.22. The van der Waals surface area contributed by atoms with Gasteiger partial charge in [0, 0.05) is 6.07 Å². The van der Waals surface area contributed by atoms with E-state index >= 15 is 0 Å². The van der Waals surface area contributed by atoms with Crippen LogP contribution in [0, 0.1) is 0 Å². The predicted molar refractivity (Wildman–Crippen MR) is 30.0 cm³/mol. The van der Waals surface area contributed by atoms with Crippen molar-refractivity contribution < 1.29 is 9.52 Å². The number of aromatic amines is 1. The maximum atomic E-state index is 8.72. The summed E-state index contributed by atoms with van der Waals surface area (Å²) in [6, 6.07) is 1.59. The summed E-state index contributed by atoms with van der Waals surface area (Å²) in [6.07, 6.45) is 1.51. The van der Waals surface area contributed by atoms with Crippen molar-refractivity contribution >= 4 is 11.2 Å². The van der Waals surface area contributed by atoms with Crippen molar-refractivity contribution in [3.63, 3.8) is 0 Å². The Hall–Kier alpha value is -1.45. The first-order valence-electron chi connectivity index (χ1n) is 2.48. The molecule has 0 saturated carbocycles. The molecule has 0 aliphatic carbocycles. The Morgan fingerprint density at radius 2 is 2.56 bits per heavy atom. The number of hydrogen-bond donors (Lipinski definition) is 2. The van der Waals surface area contributed by atoms with E-state index in [1.165, 1.54) is 6.26 Å². The first kappa shape index (κ1) is 4.43. The molecule has 0 aliphatic heterocycles. The lowest BCUT2D eigenvalue weighted by Gasteiger charge is -1.72. The highest BCUT2D eigenvalue weighted by molar-refractivity contribution is 5.68. The quantitative estimate of drug-likeness (QED) is 0.547. The molecule has 0 radical (unpaired) electrons. The molecular weight excluding hydrogens is 120 g/mol. The lowest BCUT2D eigenvalue weighted by molar-refractivity contribution is 0.435. The van der Waals surface area contributed by atoms with Gasteiger partial charge in [-0.25, -0.2) is 0 Å². The molecule has 0 amide bonds. The van der Waals surface area contributed by atoms with Gasteiger partial charge in [-0.2, -0.15) is 4.98 Å². The molecule has 2 aromatic heterocycles. The summed E-state index contributed by atoms with van der Waals surface area (Å²) in [7, 11) is 0. The van der Waals surface area contributed by atoms with E-state index in [0.29, 0.717) is 11.2 Å². The molecule has 0 spiro atoms. The summed E-state index contributed by atoms with van der Waals surface area (Å²) in [6.45, 7) is 0. The van der Waals surface area contributed by atoms with Gasteiger partial charge in [-0.05, 0) is 0 Å². The molecule has 0 aromatic carbocycles. The molecule has 0 fully saturated rings. The topological polar surface area (TPSA) is 62.1 Å². The van der Waals surface area contributed by atoms with Gasteiger partial charge in [0.15, 0.2) is 0 Å². The number of furan rings is 1. The van der Waals surface area contributed by atoms with E-state index in [-0.39, 0.29) is 6.01 Å². The van der Waals surface area contributed by atoms with Crippen LogP contribution in [0.5, 0.6) is 6.01 Å². The zero-order valence-corrected chi connectivity index (χ0v) is 4.46. The second kappa shape index (κ2) is 1.28.